The van der Waals surface area contributed by atoms with Crippen LogP contribution in [0.2, 0.25) is 0 Å². The average molecular weight is 450 g/mol. The first kappa shape index (κ1) is 24.2. The van der Waals surface area contributed by atoms with E-state index in [4.69, 9.17) is 4.74 Å². The van der Waals surface area contributed by atoms with Gasteiger partial charge < -0.3 is 15.4 Å². The topological polar surface area (TPSA) is 87.7 Å². The second-order valence-electron chi connectivity index (χ2n) is 8.59. The minimum Gasteiger partial charge on any atom is -0.377 e. The fourth-order valence-corrected chi connectivity index (χ4v) is 3.56. The Bertz CT molecular complexity index is 1050. The van der Waals surface area contributed by atoms with Crippen LogP contribution in [0, 0.1) is 0 Å². The van der Waals surface area contributed by atoms with Gasteiger partial charge in [-0.1, -0.05) is 38.1 Å². The maximum atomic E-state index is 13.3. The van der Waals surface area contributed by atoms with Crippen molar-refractivity contribution in [1.82, 2.24) is 4.90 Å². The fourth-order valence-electron chi connectivity index (χ4n) is 3.56. The van der Waals surface area contributed by atoms with E-state index >= 15 is 0 Å². The number of amides is 3. The van der Waals surface area contributed by atoms with E-state index in [-0.39, 0.29) is 42.7 Å². The second kappa shape index (κ2) is 10.4. The van der Waals surface area contributed by atoms with Crippen LogP contribution in [-0.4, -0.2) is 41.9 Å². The largest absolute Gasteiger partial charge is 0.377 e. The van der Waals surface area contributed by atoms with Crippen LogP contribution >= 0.6 is 0 Å². The van der Waals surface area contributed by atoms with Gasteiger partial charge in [0.2, 0.25) is 5.91 Å². The Kier molecular flexibility index (Phi) is 7.66. The van der Waals surface area contributed by atoms with Crippen molar-refractivity contribution in [1.29, 1.82) is 0 Å². The third-order valence-corrected chi connectivity index (χ3v) is 5.27. The van der Waals surface area contributed by atoms with Crippen molar-refractivity contribution in [2.45, 2.75) is 46.6 Å². The molecule has 0 radical (unpaired) electrons. The third kappa shape index (κ3) is 5.87. The monoisotopic (exact) mass is 449 g/mol. The van der Waals surface area contributed by atoms with Gasteiger partial charge in [0.1, 0.15) is 5.70 Å². The molecule has 174 valence electrons. The molecule has 2 aromatic rings. The lowest BCUT2D eigenvalue weighted by Crippen LogP contribution is -2.35. The number of hydrogen-bond donors (Lipinski definition) is 2. The van der Waals surface area contributed by atoms with Gasteiger partial charge in [0, 0.05) is 18.3 Å². The molecule has 0 spiro atoms. The van der Waals surface area contributed by atoms with Crippen LogP contribution in [0.3, 0.4) is 0 Å². The van der Waals surface area contributed by atoms with Crippen LogP contribution in [0.15, 0.2) is 54.2 Å². The highest BCUT2D eigenvalue weighted by Gasteiger charge is 2.39. The quantitative estimate of drug-likeness (QED) is 0.555. The number of carbonyl (C=O) groups excluding carboxylic acids is 3. The molecule has 0 saturated heterocycles. The molecular formula is C26H31N3O4. The Balaban J connectivity index is 1.94. The standard InChI is InChI=1S/C26H31N3O4/c1-16(2)19-6-10-22(11-7-19)28-24-23(20-8-12-21(13-9-20)27-18(5)30)25(31)29(26(24)32)14-15-33-17(3)4/h6-13,16-17,28H,14-15H2,1-5H3,(H,27,30). The van der Waals surface area contributed by atoms with Gasteiger partial charge in [-0.25, -0.2) is 0 Å². The molecule has 2 aromatic carbocycles. The van der Waals surface area contributed by atoms with Crippen molar-refractivity contribution in [3.8, 4) is 0 Å². The van der Waals surface area contributed by atoms with Crippen LogP contribution in [0.25, 0.3) is 5.57 Å². The van der Waals surface area contributed by atoms with Gasteiger partial charge in [-0.3, -0.25) is 19.3 Å². The molecule has 33 heavy (non-hydrogen) atoms. The Morgan fingerprint density at radius 3 is 2.06 bits per heavy atom. The molecule has 1 heterocycles. The summed E-state index contributed by atoms with van der Waals surface area (Å²) in [5.74, 6) is -0.554. The summed E-state index contributed by atoms with van der Waals surface area (Å²) in [6.45, 7) is 9.90. The second-order valence-corrected chi connectivity index (χ2v) is 8.59. The lowest BCUT2D eigenvalue weighted by Gasteiger charge is -2.16. The van der Waals surface area contributed by atoms with E-state index < -0.39 is 0 Å². The summed E-state index contributed by atoms with van der Waals surface area (Å²) in [4.78, 5) is 39.0. The molecule has 2 N–H and O–H groups in total. The maximum Gasteiger partial charge on any atom is 0.278 e. The van der Waals surface area contributed by atoms with Crippen LogP contribution in [0.1, 0.15) is 51.7 Å². The van der Waals surface area contributed by atoms with Crippen LogP contribution in [-0.2, 0) is 19.1 Å². The Morgan fingerprint density at radius 1 is 0.909 bits per heavy atom. The van der Waals surface area contributed by atoms with E-state index in [1.165, 1.54) is 17.4 Å². The fraction of sp³-hybridized carbons (Fsp3) is 0.346. The van der Waals surface area contributed by atoms with E-state index in [1.54, 1.807) is 24.3 Å². The predicted octanol–water partition coefficient (Wildman–Crippen LogP) is 4.39. The van der Waals surface area contributed by atoms with Gasteiger partial charge in [-0.2, -0.15) is 0 Å². The molecule has 1 aliphatic heterocycles. The first-order valence-electron chi connectivity index (χ1n) is 11.1. The average Bonchev–Trinajstić information content (AvgIpc) is 2.98. The van der Waals surface area contributed by atoms with E-state index in [0.29, 0.717) is 22.7 Å². The van der Waals surface area contributed by atoms with Crippen molar-refractivity contribution in [2.75, 3.05) is 23.8 Å². The number of anilines is 2. The number of carbonyl (C=O) groups is 3. The van der Waals surface area contributed by atoms with Crippen LogP contribution < -0.4 is 10.6 Å². The van der Waals surface area contributed by atoms with Gasteiger partial charge in [-0.05, 0) is 55.2 Å². The Labute approximate surface area is 194 Å². The van der Waals surface area contributed by atoms with Gasteiger partial charge in [0.15, 0.2) is 0 Å². The summed E-state index contributed by atoms with van der Waals surface area (Å²) < 4.78 is 5.56. The molecule has 0 unspecified atom stereocenters. The van der Waals surface area contributed by atoms with Crippen LogP contribution in [0.5, 0.6) is 0 Å². The number of benzene rings is 2. The van der Waals surface area contributed by atoms with Crippen molar-refractivity contribution in [3.05, 3.63) is 65.4 Å². The predicted molar refractivity (Wildman–Crippen MR) is 130 cm³/mol. The Hall–Kier alpha value is -3.45. The number of rotatable bonds is 9. The van der Waals surface area contributed by atoms with Crippen molar-refractivity contribution in [3.63, 3.8) is 0 Å². The minimum atomic E-state index is -0.388. The van der Waals surface area contributed by atoms with E-state index in [0.717, 1.165) is 5.69 Å². The minimum absolute atomic E-state index is 0.00336. The molecule has 3 rings (SSSR count). The summed E-state index contributed by atoms with van der Waals surface area (Å²) in [7, 11) is 0. The molecular weight excluding hydrogens is 418 g/mol. The molecule has 0 saturated carbocycles. The number of ether oxygens (including phenoxy) is 1. The zero-order valence-electron chi connectivity index (χ0n) is 19.8. The van der Waals surface area contributed by atoms with Gasteiger partial charge in [0.05, 0.1) is 24.8 Å². The summed E-state index contributed by atoms with van der Waals surface area (Å²) in [6.07, 6.45) is 0.00336. The number of nitrogens with zero attached hydrogens (tertiary/aromatic N) is 1. The smallest absolute Gasteiger partial charge is 0.278 e. The number of nitrogens with one attached hydrogen (secondary N) is 2. The lowest BCUT2D eigenvalue weighted by atomic mass is 10.0. The van der Waals surface area contributed by atoms with E-state index in [2.05, 4.69) is 24.5 Å². The van der Waals surface area contributed by atoms with Crippen molar-refractivity contribution >= 4 is 34.7 Å². The highest BCUT2D eigenvalue weighted by Crippen LogP contribution is 2.31. The first-order chi connectivity index (χ1) is 15.7. The number of hydrogen-bond acceptors (Lipinski definition) is 5. The lowest BCUT2D eigenvalue weighted by molar-refractivity contribution is -0.138. The van der Waals surface area contributed by atoms with Gasteiger partial charge in [-0.15, -0.1) is 0 Å². The molecule has 0 aliphatic carbocycles. The SMILES string of the molecule is CC(=O)Nc1ccc(C2=C(Nc3ccc(C(C)C)cc3)C(=O)N(CCOC(C)C)C2=O)cc1. The van der Waals surface area contributed by atoms with Crippen LogP contribution in [0.4, 0.5) is 11.4 Å². The molecule has 0 bridgehead atoms. The molecule has 0 aromatic heterocycles. The van der Waals surface area contributed by atoms with E-state index in [1.807, 2.05) is 38.1 Å². The third-order valence-electron chi connectivity index (χ3n) is 5.27. The van der Waals surface area contributed by atoms with Crippen molar-refractivity contribution in [2.24, 2.45) is 0 Å². The molecule has 3 amide bonds. The summed E-state index contributed by atoms with van der Waals surface area (Å²) in [6, 6.07) is 14.7. The summed E-state index contributed by atoms with van der Waals surface area (Å²) in [5, 5.41) is 5.87. The molecule has 1 aliphatic rings. The first-order valence-corrected chi connectivity index (χ1v) is 11.1. The number of imide groups is 1. The highest BCUT2D eigenvalue weighted by atomic mass is 16.5. The molecule has 0 atom stereocenters. The van der Waals surface area contributed by atoms with Crippen molar-refractivity contribution < 1.29 is 19.1 Å². The molecule has 0 fully saturated rings. The summed E-state index contributed by atoms with van der Waals surface area (Å²) in [5.41, 5.74) is 3.65. The van der Waals surface area contributed by atoms with E-state index in [9.17, 15) is 14.4 Å². The van der Waals surface area contributed by atoms with Gasteiger partial charge in [0.25, 0.3) is 11.8 Å². The zero-order valence-corrected chi connectivity index (χ0v) is 19.8. The molecule has 7 heteroatoms. The molecule has 7 nitrogen and oxygen atoms in total. The maximum absolute atomic E-state index is 13.3. The Morgan fingerprint density at radius 2 is 1.52 bits per heavy atom. The summed E-state index contributed by atoms with van der Waals surface area (Å²) >= 11 is 0. The zero-order chi connectivity index (χ0) is 24.1. The van der Waals surface area contributed by atoms with Gasteiger partial charge >= 0.3 is 0 Å². The normalized spacial score (nSPS) is 14.0. The highest BCUT2D eigenvalue weighted by molar-refractivity contribution is 6.36.